The third-order valence-corrected chi connectivity index (χ3v) is 4.00. The third kappa shape index (κ3) is 3.48. The molecule has 0 radical (unpaired) electrons. The van der Waals surface area contributed by atoms with E-state index in [1.54, 1.807) is 24.4 Å². The maximum absolute atomic E-state index is 11.4. The first-order valence-corrected chi connectivity index (χ1v) is 8.20. The summed E-state index contributed by atoms with van der Waals surface area (Å²) in [5.41, 5.74) is 4.15. The molecule has 0 aliphatic heterocycles. The molecule has 8 nitrogen and oxygen atoms in total. The van der Waals surface area contributed by atoms with E-state index in [-0.39, 0.29) is 5.69 Å². The third-order valence-electron chi connectivity index (χ3n) is 4.00. The number of imidazole rings is 1. The van der Waals surface area contributed by atoms with Crippen molar-refractivity contribution in [1.29, 1.82) is 5.26 Å². The van der Waals surface area contributed by atoms with Crippen LogP contribution in [0, 0.1) is 18.3 Å². The highest BCUT2D eigenvalue weighted by atomic mass is 16.1. The number of hydrogen-bond acceptors (Lipinski definition) is 6. The van der Waals surface area contributed by atoms with E-state index in [0.29, 0.717) is 22.8 Å². The van der Waals surface area contributed by atoms with Gasteiger partial charge in [-0.3, -0.25) is 0 Å². The number of aromatic nitrogens is 4. The Morgan fingerprint density at radius 1 is 1.04 bits per heavy atom. The van der Waals surface area contributed by atoms with Crippen LogP contribution in [0.4, 0.5) is 23.1 Å². The molecule has 4 N–H and O–H groups in total. The van der Waals surface area contributed by atoms with Crippen LogP contribution >= 0.6 is 0 Å². The molecule has 2 aromatic heterocycles. The van der Waals surface area contributed by atoms with Gasteiger partial charge < -0.3 is 20.6 Å². The number of nitrogens with one attached hydrogen (secondary N) is 4. The predicted molar refractivity (Wildman–Crippen MR) is 103 cm³/mol. The van der Waals surface area contributed by atoms with Gasteiger partial charge in [-0.1, -0.05) is 6.07 Å². The van der Waals surface area contributed by atoms with E-state index < -0.39 is 0 Å². The van der Waals surface area contributed by atoms with Crippen molar-refractivity contribution in [2.24, 2.45) is 0 Å². The Balaban J connectivity index is 1.61. The van der Waals surface area contributed by atoms with Crippen LogP contribution < -0.4 is 16.3 Å². The van der Waals surface area contributed by atoms with Gasteiger partial charge in [-0.05, 0) is 43.3 Å². The number of fused-ring (bicyclic) bond motifs is 1. The van der Waals surface area contributed by atoms with E-state index in [4.69, 9.17) is 5.26 Å². The Kier molecular flexibility index (Phi) is 4.03. The molecular formula is C19H15N7O. The molecule has 0 aliphatic carbocycles. The molecule has 0 bridgehead atoms. The maximum atomic E-state index is 11.4. The first-order chi connectivity index (χ1) is 13.1. The zero-order chi connectivity index (χ0) is 18.8. The zero-order valence-electron chi connectivity index (χ0n) is 14.4. The molecule has 0 amide bonds. The van der Waals surface area contributed by atoms with Gasteiger partial charge in [0.2, 0.25) is 5.95 Å². The molecule has 0 saturated carbocycles. The first kappa shape index (κ1) is 16.4. The molecule has 2 heterocycles. The molecule has 0 atom stereocenters. The Labute approximate surface area is 153 Å². The van der Waals surface area contributed by atoms with E-state index in [2.05, 4.69) is 36.6 Å². The average molecular weight is 357 g/mol. The second kappa shape index (κ2) is 6.65. The first-order valence-electron chi connectivity index (χ1n) is 8.20. The summed E-state index contributed by atoms with van der Waals surface area (Å²) in [6.45, 7) is 1.90. The fourth-order valence-electron chi connectivity index (χ4n) is 2.67. The van der Waals surface area contributed by atoms with Gasteiger partial charge in [-0.15, -0.1) is 0 Å². The van der Waals surface area contributed by atoms with Crippen LogP contribution in [-0.4, -0.2) is 19.9 Å². The smallest absolute Gasteiger partial charge is 0.323 e. The van der Waals surface area contributed by atoms with Crippen LogP contribution in [0.3, 0.4) is 0 Å². The number of nitrogens with zero attached hydrogens (tertiary/aromatic N) is 3. The number of rotatable bonds is 4. The lowest BCUT2D eigenvalue weighted by Gasteiger charge is -2.11. The Morgan fingerprint density at radius 2 is 1.85 bits per heavy atom. The van der Waals surface area contributed by atoms with E-state index in [1.165, 1.54) is 0 Å². The van der Waals surface area contributed by atoms with E-state index >= 15 is 0 Å². The summed E-state index contributed by atoms with van der Waals surface area (Å²) in [5, 5.41) is 15.3. The number of benzene rings is 2. The Hall–Kier alpha value is -4.12. The number of nitriles is 1. The lowest BCUT2D eigenvalue weighted by molar-refractivity contribution is 1.13. The highest BCUT2D eigenvalue weighted by Gasteiger charge is 2.07. The van der Waals surface area contributed by atoms with Gasteiger partial charge >= 0.3 is 5.69 Å². The van der Waals surface area contributed by atoms with Crippen LogP contribution in [0.1, 0.15) is 11.1 Å². The molecule has 0 unspecified atom stereocenters. The fraction of sp³-hybridized carbons (Fsp3) is 0.0526. The van der Waals surface area contributed by atoms with Gasteiger partial charge in [0.05, 0.1) is 22.7 Å². The lowest BCUT2D eigenvalue weighted by Crippen LogP contribution is -2.03. The van der Waals surface area contributed by atoms with Crippen molar-refractivity contribution in [2.45, 2.75) is 6.92 Å². The molecule has 4 aromatic rings. The number of aryl methyl sites for hydroxylation is 1. The molecule has 0 fully saturated rings. The SMILES string of the molecule is Cc1cnc(Nc2cccc(C#N)c2)nc1Nc1ccc2[nH]c(=O)[nH]c2c1. The quantitative estimate of drug-likeness (QED) is 0.444. The van der Waals surface area contributed by atoms with E-state index in [9.17, 15) is 4.79 Å². The van der Waals surface area contributed by atoms with Crippen molar-refractivity contribution >= 4 is 34.2 Å². The van der Waals surface area contributed by atoms with Crippen molar-refractivity contribution in [2.75, 3.05) is 10.6 Å². The second-order valence-corrected chi connectivity index (χ2v) is 6.01. The zero-order valence-corrected chi connectivity index (χ0v) is 14.4. The van der Waals surface area contributed by atoms with Crippen molar-refractivity contribution in [3.05, 3.63) is 70.3 Å². The standard InChI is InChI=1S/C19H15N7O/c1-11-10-21-18(23-13-4-2-3-12(7-13)9-20)26-17(11)22-14-5-6-15-16(8-14)25-19(27)24-15/h2-8,10H,1H3,(H2,24,25,27)(H2,21,22,23,26). The number of hydrogen-bond donors (Lipinski definition) is 4. The summed E-state index contributed by atoms with van der Waals surface area (Å²) in [5.74, 6) is 1.05. The van der Waals surface area contributed by atoms with Gasteiger partial charge in [0.25, 0.3) is 0 Å². The van der Waals surface area contributed by atoms with E-state index in [0.717, 1.165) is 22.5 Å². The average Bonchev–Trinajstić information content (AvgIpc) is 3.04. The van der Waals surface area contributed by atoms with Gasteiger partial charge in [-0.2, -0.15) is 10.2 Å². The predicted octanol–water partition coefficient (Wildman–Crippen LogP) is 3.31. The molecule has 132 valence electrons. The fourth-order valence-corrected chi connectivity index (χ4v) is 2.67. The summed E-state index contributed by atoms with van der Waals surface area (Å²) in [4.78, 5) is 25.6. The molecule has 8 heteroatoms. The summed E-state index contributed by atoms with van der Waals surface area (Å²) < 4.78 is 0. The summed E-state index contributed by atoms with van der Waals surface area (Å²) in [7, 11) is 0. The molecule has 4 rings (SSSR count). The van der Waals surface area contributed by atoms with Crippen LogP contribution in [0.25, 0.3) is 11.0 Å². The maximum Gasteiger partial charge on any atom is 0.323 e. The van der Waals surface area contributed by atoms with Gasteiger partial charge in [0.1, 0.15) is 5.82 Å². The minimum absolute atomic E-state index is 0.244. The summed E-state index contributed by atoms with van der Waals surface area (Å²) >= 11 is 0. The normalized spacial score (nSPS) is 10.5. The number of aromatic amines is 2. The van der Waals surface area contributed by atoms with Gasteiger partial charge in [0.15, 0.2) is 0 Å². The number of anilines is 4. The molecular weight excluding hydrogens is 342 g/mol. The molecule has 0 saturated heterocycles. The Morgan fingerprint density at radius 3 is 2.70 bits per heavy atom. The molecule has 0 spiro atoms. The largest absolute Gasteiger partial charge is 0.340 e. The Bertz CT molecular complexity index is 1230. The second-order valence-electron chi connectivity index (χ2n) is 6.01. The van der Waals surface area contributed by atoms with Gasteiger partial charge in [-0.25, -0.2) is 9.78 Å². The van der Waals surface area contributed by atoms with Crippen LogP contribution in [0.5, 0.6) is 0 Å². The van der Waals surface area contributed by atoms with Gasteiger partial charge in [0, 0.05) is 23.1 Å². The topological polar surface area (TPSA) is 122 Å². The highest BCUT2D eigenvalue weighted by molar-refractivity contribution is 5.80. The van der Waals surface area contributed by atoms with E-state index in [1.807, 2.05) is 31.2 Å². The molecule has 27 heavy (non-hydrogen) atoms. The lowest BCUT2D eigenvalue weighted by atomic mass is 10.2. The minimum Gasteiger partial charge on any atom is -0.340 e. The highest BCUT2D eigenvalue weighted by Crippen LogP contribution is 2.23. The van der Waals surface area contributed by atoms with Crippen molar-refractivity contribution < 1.29 is 0 Å². The van der Waals surface area contributed by atoms with Crippen LogP contribution in [0.2, 0.25) is 0 Å². The molecule has 0 aliphatic rings. The summed E-state index contributed by atoms with van der Waals surface area (Å²) in [6, 6.07) is 14.7. The molecule has 2 aromatic carbocycles. The summed E-state index contributed by atoms with van der Waals surface area (Å²) in [6.07, 6.45) is 1.71. The van der Waals surface area contributed by atoms with Crippen molar-refractivity contribution in [3.63, 3.8) is 0 Å². The van der Waals surface area contributed by atoms with Crippen LogP contribution in [0.15, 0.2) is 53.5 Å². The van der Waals surface area contributed by atoms with Crippen molar-refractivity contribution in [3.8, 4) is 6.07 Å². The monoisotopic (exact) mass is 357 g/mol. The van der Waals surface area contributed by atoms with Crippen molar-refractivity contribution in [1.82, 2.24) is 19.9 Å². The number of H-pyrrole nitrogens is 2. The minimum atomic E-state index is -0.244. The van der Waals surface area contributed by atoms with Crippen LogP contribution in [-0.2, 0) is 0 Å².